The molecular formula is C15H19Cl2N3O. The maximum atomic E-state index is 12.1. The van der Waals surface area contributed by atoms with Crippen molar-refractivity contribution in [3.8, 4) is 0 Å². The minimum atomic E-state index is -0.186. The lowest BCUT2D eigenvalue weighted by Gasteiger charge is -2.38. The van der Waals surface area contributed by atoms with Crippen molar-refractivity contribution < 1.29 is 4.79 Å². The van der Waals surface area contributed by atoms with Crippen molar-refractivity contribution >= 4 is 41.6 Å². The monoisotopic (exact) mass is 327 g/mol. The van der Waals surface area contributed by atoms with E-state index in [2.05, 4.69) is 10.3 Å². The number of halogens is 2. The number of rotatable bonds is 3. The van der Waals surface area contributed by atoms with Crippen molar-refractivity contribution in [3.63, 3.8) is 0 Å². The van der Waals surface area contributed by atoms with E-state index in [0.29, 0.717) is 12.1 Å². The number of carbonyl (C=O) groups excluding carboxylic acids is 1. The molecule has 0 saturated heterocycles. The van der Waals surface area contributed by atoms with Gasteiger partial charge in [-0.2, -0.15) is 0 Å². The standard InChI is InChI=1S/C15H17N3O.2ClH/c16-15(6-2-7-15)10-18-14(19)12-4-5-13-11(9-12)3-1-8-17-13;;/h1,3-5,8-9H,2,6-7,10,16H2,(H,18,19);2*1H. The van der Waals surface area contributed by atoms with E-state index in [0.717, 1.165) is 30.2 Å². The molecule has 0 atom stereocenters. The highest BCUT2D eigenvalue weighted by Crippen LogP contribution is 2.28. The van der Waals surface area contributed by atoms with Gasteiger partial charge >= 0.3 is 0 Å². The number of amides is 1. The van der Waals surface area contributed by atoms with Gasteiger partial charge in [-0.25, -0.2) is 0 Å². The van der Waals surface area contributed by atoms with E-state index >= 15 is 0 Å². The minimum absolute atomic E-state index is 0. The first-order chi connectivity index (χ1) is 9.16. The first-order valence-corrected chi connectivity index (χ1v) is 6.58. The van der Waals surface area contributed by atoms with Crippen LogP contribution in [0.3, 0.4) is 0 Å². The Hall–Kier alpha value is -1.36. The van der Waals surface area contributed by atoms with Gasteiger partial charge in [-0.15, -0.1) is 24.8 Å². The lowest BCUT2D eigenvalue weighted by atomic mass is 9.78. The topological polar surface area (TPSA) is 68.0 Å². The zero-order chi connectivity index (χ0) is 13.3. The highest BCUT2D eigenvalue weighted by atomic mass is 35.5. The van der Waals surface area contributed by atoms with Crippen molar-refractivity contribution in [2.45, 2.75) is 24.8 Å². The molecule has 0 unspecified atom stereocenters. The van der Waals surface area contributed by atoms with Gasteiger partial charge in [-0.1, -0.05) is 6.07 Å². The summed E-state index contributed by atoms with van der Waals surface area (Å²) in [5.41, 5.74) is 7.46. The summed E-state index contributed by atoms with van der Waals surface area (Å²) >= 11 is 0. The number of pyridine rings is 1. The molecule has 114 valence electrons. The normalized spacial score (nSPS) is 15.3. The number of carbonyl (C=O) groups is 1. The number of benzene rings is 1. The SMILES string of the molecule is Cl.Cl.NC1(CNC(=O)c2ccc3ncccc3c2)CCC1. The second-order valence-corrected chi connectivity index (χ2v) is 5.31. The van der Waals surface area contributed by atoms with Gasteiger partial charge in [0, 0.05) is 29.2 Å². The van der Waals surface area contributed by atoms with Crippen LogP contribution < -0.4 is 11.1 Å². The van der Waals surface area contributed by atoms with Crippen molar-refractivity contribution in [1.29, 1.82) is 0 Å². The van der Waals surface area contributed by atoms with Crippen molar-refractivity contribution in [1.82, 2.24) is 10.3 Å². The number of nitrogens with one attached hydrogen (secondary N) is 1. The second kappa shape index (κ2) is 7.07. The lowest BCUT2D eigenvalue weighted by Crippen LogP contribution is -2.54. The van der Waals surface area contributed by atoms with E-state index < -0.39 is 0 Å². The molecule has 2 aromatic rings. The first-order valence-electron chi connectivity index (χ1n) is 6.58. The van der Waals surface area contributed by atoms with E-state index in [-0.39, 0.29) is 36.3 Å². The van der Waals surface area contributed by atoms with Crippen LogP contribution in [0.4, 0.5) is 0 Å². The highest BCUT2D eigenvalue weighted by Gasteiger charge is 2.32. The Labute approximate surface area is 136 Å². The van der Waals surface area contributed by atoms with Gasteiger partial charge in [-0.3, -0.25) is 9.78 Å². The van der Waals surface area contributed by atoms with E-state index in [1.807, 2.05) is 24.3 Å². The molecule has 1 aromatic carbocycles. The van der Waals surface area contributed by atoms with Gasteiger partial charge in [-0.05, 0) is 43.5 Å². The fraction of sp³-hybridized carbons (Fsp3) is 0.333. The number of hydrogen-bond acceptors (Lipinski definition) is 3. The number of nitrogens with two attached hydrogens (primary N) is 1. The molecule has 0 spiro atoms. The van der Waals surface area contributed by atoms with Gasteiger partial charge in [0.15, 0.2) is 0 Å². The summed E-state index contributed by atoms with van der Waals surface area (Å²) in [6.07, 6.45) is 4.90. The van der Waals surface area contributed by atoms with Gasteiger partial charge in [0.25, 0.3) is 5.91 Å². The minimum Gasteiger partial charge on any atom is -0.350 e. The Kier molecular flexibility index (Phi) is 5.96. The van der Waals surface area contributed by atoms with E-state index in [1.54, 1.807) is 12.3 Å². The average Bonchev–Trinajstić information content (AvgIpc) is 2.42. The summed E-state index contributed by atoms with van der Waals surface area (Å²) in [4.78, 5) is 16.3. The molecular weight excluding hydrogens is 309 g/mol. The summed E-state index contributed by atoms with van der Waals surface area (Å²) in [7, 11) is 0. The molecule has 1 aliphatic carbocycles. The Morgan fingerprint density at radius 3 is 2.71 bits per heavy atom. The van der Waals surface area contributed by atoms with E-state index in [1.165, 1.54) is 0 Å². The molecule has 1 aliphatic rings. The predicted octanol–water partition coefficient (Wildman–Crippen LogP) is 2.69. The number of fused-ring (bicyclic) bond motifs is 1. The van der Waals surface area contributed by atoms with Crippen LogP contribution in [0.25, 0.3) is 10.9 Å². The molecule has 1 aromatic heterocycles. The lowest BCUT2D eigenvalue weighted by molar-refractivity contribution is 0.0930. The van der Waals surface area contributed by atoms with Crippen molar-refractivity contribution in [2.24, 2.45) is 5.73 Å². The van der Waals surface area contributed by atoms with Crippen LogP contribution in [0.1, 0.15) is 29.6 Å². The summed E-state index contributed by atoms with van der Waals surface area (Å²) in [6, 6.07) is 9.35. The van der Waals surface area contributed by atoms with Crippen LogP contribution in [0.15, 0.2) is 36.5 Å². The Morgan fingerprint density at radius 1 is 1.29 bits per heavy atom. The molecule has 1 heterocycles. The number of nitrogens with zero attached hydrogens (tertiary/aromatic N) is 1. The van der Waals surface area contributed by atoms with Gasteiger partial charge in [0.1, 0.15) is 0 Å². The van der Waals surface area contributed by atoms with Crippen LogP contribution >= 0.6 is 24.8 Å². The van der Waals surface area contributed by atoms with Crippen LogP contribution in [0.2, 0.25) is 0 Å². The Morgan fingerprint density at radius 2 is 2.05 bits per heavy atom. The largest absolute Gasteiger partial charge is 0.350 e. The third-order valence-electron chi connectivity index (χ3n) is 3.82. The van der Waals surface area contributed by atoms with Crippen LogP contribution in [0.5, 0.6) is 0 Å². The van der Waals surface area contributed by atoms with Crippen LogP contribution in [-0.2, 0) is 0 Å². The predicted molar refractivity (Wildman–Crippen MR) is 89.3 cm³/mol. The molecule has 1 amide bonds. The highest BCUT2D eigenvalue weighted by molar-refractivity contribution is 5.97. The third-order valence-corrected chi connectivity index (χ3v) is 3.82. The van der Waals surface area contributed by atoms with Crippen molar-refractivity contribution in [3.05, 3.63) is 42.1 Å². The summed E-state index contributed by atoms with van der Waals surface area (Å²) in [5.74, 6) is -0.0671. The third kappa shape index (κ3) is 3.84. The summed E-state index contributed by atoms with van der Waals surface area (Å²) in [6.45, 7) is 0.552. The Bertz CT molecular complexity index is 629. The van der Waals surface area contributed by atoms with E-state index in [9.17, 15) is 4.79 Å². The summed E-state index contributed by atoms with van der Waals surface area (Å²) < 4.78 is 0. The molecule has 1 fully saturated rings. The molecule has 3 rings (SSSR count). The Balaban J connectivity index is 0.00000110. The first kappa shape index (κ1) is 17.7. The smallest absolute Gasteiger partial charge is 0.251 e. The van der Waals surface area contributed by atoms with Crippen molar-refractivity contribution in [2.75, 3.05) is 6.54 Å². The van der Waals surface area contributed by atoms with Gasteiger partial charge < -0.3 is 11.1 Å². The maximum absolute atomic E-state index is 12.1. The zero-order valence-corrected chi connectivity index (χ0v) is 13.2. The molecule has 3 N–H and O–H groups in total. The fourth-order valence-corrected chi connectivity index (χ4v) is 2.38. The van der Waals surface area contributed by atoms with Gasteiger partial charge in [0.05, 0.1) is 5.52 Å². The maximum Gasteiger partial charge on any atom is 0.251 e. The number of aromatic nitrogens is 1. The molecule has 0 bridgehead atoms. The summed E-state index contributed by atoms with van der Waals surface area (Å²) in [5, 5.41) is 3.90. The molecule has 4 nitrogen and oxygen atoms in total. The molecule has 21 heavy (non-hydrogen) atoms. The average molecular weight is 328 g/mol. The second-order valence-electron chi connectivity index (χ2n) is 5.31. The van der Waals surface area contributed by atoms with E-state index in [4.69, 9.17) is 5.73 Å². The molecule has 0 aliphatic heterocycles. The number of hydrogen-bond donors (Lipinski definition) is 2. The zero-order valence-electron chi connectivity index (χ0n) is 11.5. The molecule has 0 radical (unpaired) electrons. The fourth-order valence-electron chi connectivity index (χ4n) is 2.38. The van der Waals surface area contributed by atoms with Gasteiger partial charge in [0.2, 0.25) is 0 Å². The molecule has 1 saturated carbocycles. The quantitative estimate of drug-likeness (QED) is 0.910. The molecule has 6 heteroatoms. The van der Waals surface area contributed by atoms with Crippen LogP contribution in [-0.4, -0.2) is 23.0 Å². The van der Waals surface area contributed by atoms with Crippen LogP contribution in [0, 0.1) is 0 Å².